The summed E-state index contributed by atoms with van der Waals surface area (Å²) in [4.78, 5) is 8.74. The van der Waals surface area contributed by atoms with Crippen molar-refractivity contribution in [1.82, 2.24) is 14.5 Å². The topological polar surface area (TPSA) is 55.9 Å². The first kappa shape index (κ1) is 11.8. The summed E-state index contributed by atoms with van der Waals surface area (Å²) in [6, 6.07) is 5.94. The molecule has 0 fully saturated rings. The van der Waals surface area contributed by atoms with Gasteiger partial charge in [0.05, 0.1) is 17.9 Å². The Hall–Kier alpha value is -2.30. The molecule has 1 unspecified atom stereocenters. The zero-order valence-corrected chi connectivity index (χ0v) is 11.2. The maximum absolute atomic E-state index is 5.62. The normalized spacial score (nSPS) is 12.8. The number of rotatable bonds is 3. The summed E-state index contributed by atoms with van der Waals surface area (Å²) in [6.45, 7) is 3.98. The van der Waals surface area contributed by atoms with Gasteiger partial charge in [0.1, 0.15) is 17.0 Å². The lowest BCUT2D eigenvalue weighted by molar-refractivity contribution is 0.466. The van der Waals surface area contributed by atoms with Gasteiger partial charge in [0.2, 0.25) is 0 Å². The monoisotopic (exact) mass is 256 g/mol. The Balaban J connectivity index is 1.93. The van der Waals surface area contributed by atoms with E-state index in [-0.39, 0.29) is 6.04 Å². The largest absolute Gasteiger partial charge is 0.464 e. The zero-order chi connectivity index (χ0) is 13.4. The summed E-state index contributed by atoms with van der Waals surface area (Å²) in [5.41, 5.74) is 1.93. The maximum Gasteiger partial charge on any atom is 0.154 e. The predicted molar refractivity (Wildman–Crippen MR) is 74.0 cm³/mol. The summed E-state index contributed by atoms with van der Waals surface area (Å²) in [5.74, 6) is 2.58. The second-order valence-corrected chi connectivity index (χ2v) is 4.70. The molecule has 5 nitrogen and oxygen atoms in total. The molecule has 0 saturated heterocycles. The van der Waals surface area contributed by atoms with Crippen LogP contribution in [0.2, 0.25) is 0 Å². The fourth-order valence-corrected chi connectivity index (χ4v) is 2.13. The molecule has 5 heteroatoms. The van der Waals surface area contributed by atoms with E-state index in [9.17, 15) is 0 Å². The van der Waals surface area contributed by atoms with Gasteiger partial charge in [-0.15, -0.1) is 0 Å². The SMILES string of the molecule is Cc1ccc(C(C)Nc2nccc3c2ncn3C)o1. The third-order valence-electron chi connectivity index (χ3n) is 3.18. The first-order valence-corrected chi connectivity index (χ1v) is 6.24. The lowest BCUT2D eigenvalue weighted by atomic mass is 10.2. The van der Waals surface area contributed by atoms with Crippen LogP contribution >= 0.6 is 0 Å². The summed E-state index contributed by atoms with van der Waals surface area (Å²) in [5, 5.41) is 3.35. The van der Waals surface area contributed by atoms with Crippen LogP contribution < -0.4 is 5.32 Å². The highest BCUT2D eigenvalue weighted by Crippen LogP contribution is 2.24. The Labute approximate surface area is 111 Å². The van der Waals surface area contributed by atoms with Crippen molar-refractivity contribution in [3.63, 3.8) is 0 Å². The third kappa shape index (κ3) is 2.07. The fourth-order valence-electron chi connectivity index (χ4n) is 2.13. The molecule has 0 aliphatic carbocycles. The number of nitrogens with one attached hydrogen (secondary N) is 1. The number of aryl methyl sites for hydroxylation is 2. The van der Waals surface area contributed by atoms with Crippen molar-refractivity contribution in [1.29, 1.82) is 0 Å². The number of nitrogens with zero attached hydrogens (tertiary/aromatic N) is 3. The molecule has 3 aromatic heterocycles. The van der Waals surface area contributed by atoms with Gasteiger partial charge in [0.25, 0.3) is 0 Å². The minimum absolute atomic E-state index is 0.0498. The average molecular weight is 256 g/mol. The number of imidazole rings is 1. The summed E-state index contributed by atoms with van der Waals surface area (Å²) in [6.07, 6.45) is 3.58. The number of hydrogen-bond donors (Lipinski definition) is 1. The predicted octanol–water partition coefficient (Wildman–Crippen LogP) is 3.04. The molecule has 0 aliphatic rings. The average Bonchev–Trinajstić information content (AvgIpc) is 2.98. The lowest BCUT2D eigenvalue weighted by Gasteiger charge is -2.12. The maximum atomic E-state index is 5.62. The van der Waals surface area contributed by atoms with Crippen LogP contribution in [0.4, 0.5) is 5.82 Å². The Kier molecular flexibility index (Phi) is 2.74. The van der Waals surface area contributed by atoms with Crippen LogP contribution in [0.15, 0.2) is 35.1 Å². The van der Waals surface area contributed by atoms with Gasteiger partial charge in [-0.1, -0.05) is 0 Å². The Morgan fingerprint density at radius 3 is 2.84 bits per heavy atom. The van der Waals surface area contributed by atoms with Gasteiger partial charge >= 0.3 is 0 Å². The highest BCUT2D eigenvalue weighted by molar-refractivity contribution is 5.85. The Morgan fingerprint density at radius 2 is 2.11 bits per heavy atom. The van der Waals surface area contributed by atoms with Gasteiger partial charge in [0, 0.05) is 13.2 Å². The number of furan rings is 1. The van der Waals surface area contributed by atoms with Crippen LogP contribution in [0, 0.1) is 6.92 Å². The van der Waals surface area contributed by atoms with E-state index in [2.05, 4.69) is 15.3 Å². The van der Waals surface area contributed by atoms with Crippen LogP contribution in [-0.4, -0.2) is 14.5 Å². The molecule has 3 aromatic rings. The van der Waals surface area contributed by atoms with Crippen molar-refractivity contribution in [2.24, 2.45) is 7.05 Å². The summed E-state index contributed by atoms with van der Waals surface area (Å²) < 4.78 is 7.59. The van der Waals surface area contributed by atoms with E-state index in [4.69, 9.17) is 4.42 Å². The molecule has 3 heterocycles. The molecule has 1 atom stereocenters. The Bertz CT molecular complexity index is 713. The molecule has 3 rings (SSSR count). The van der Waals surface area contributed by atoms with Gasteiger partial charge in [-0.2, -0.15) is 0 Å². The molecule has 0 aliphatic heterocycles. The highest BCUT2D eigenvalue weighted by Gasteiger charge is 2.13. The van der Waals surface area contributed by atoms with Crippen LogP contribution in [0.3, 0.4) is 0 Å². The molecule has 0 aromatic carbocycles. The van der Waals surface area contributed by atoms with Crippen molar-refractivity contribution in [3.8, 4) is 0 Å². The minimum atomic E-state index is 0.0498. The quantitative estimate of drug-likeness (QED) is 0.782. The number of aromatic nitrogens is 3. The van der Waals surface area contributed by atoms with E-state index in [0.717, 1.165) is 28.4 Å². The van der Waals surface area contributed by atoms with E-state index in [1.165, 1.54) is 0 Å². The van der Waals surface area contributed by atoms with Crippen molar-refractivity contribution in [2.45, 2.75) is 19.9 Å². The molecule has 1 N–H and O–H groups in total. The highest BCUT2D eigenvalue weighted by atomic mass is 16.3. The second kappa shape index (κ2) is 4.42. The second-order valence-electron chi connectivity index (χ2n) is 4.70. The molecule has 0 saturated carbocycles. The molecule has 0 spiro atoms. The van der Waals surface area contributed by atoms with Crippen molar-refractivity contribution in [2.75, 3.05) is 5.32 Å². The molecule has 0 radical (unpaired) electrons. The summed E-state index contributed by atoms with van der Waals surface area (Å²) >= 11 is 0. The Morgan fingerprint density at radius 1 is 1.26 bits per heavy atom. The first-order valence-electron chi connectivity index (χ1n) is 6.24. The van der Waals surface area contributed by atoms with E-state index in [1.54, 1.807) is 12.5 Å². The van der Waals surface area contributed by atoms with Crippen LogP contribution in [0.25, 0.3) is 11.0 Å². The molecular formula is C14H16N4O. The van der Waals surface area contributed by atoms with Gasteiger partial charge in [0.15, 0.2) is 5.82 Å². The minimum Gasteiger partial charge on any atom is -0.464 e. The van der Waals surface area contributed by atoms with Gasteiger partial charge in [-0.05, 0) is 32.0 Å². The van der Waals surface area contributed by atoms with E-state index >= 15 is 0 Å². The fraction of sp³-hybridized carbons (Fsp3) is 0.286. The van der Waals surface area contributed by atoms with Gasteiger partial charge in [-0.3, -0.25) is 0 Å². The van der Waals surface area contributed by atoms with E-state index in [1.807, 2.05) is 43.7 Å². The molecule has 0 amide bonds. The summed E-state index contributed by atoms with van der Waals surface area (Å²) in [7, 11) is 1.97. The number of anilines is 1. The number of hydrogen-bond acceptors (Lipinski definition) is 4. The number of fused-ring (bicyclic) bond motifs is 1. The smallest absolute Gasteiger partial charge is 0.154 e. The molecule has 0 bridgehead atoms. The van der Waals surface area contributed by atoms with Crippen molar-refractivity contribution < 1.29 is 4.42 Å². The van der Waals surface area contributed by atoms with Crippen molar-refractivity contribution in [3.05, 3.63) is 42.2 Å². The number of pyridine rings is 1. The van der Waals surface area contributed by atoms with E-state index in [0.29, 0.717) is 0 Å². The molecular weight excluding hydrogens is 240 g/mol. The lowest BCUT2D eigenvalue weighted by Crippen LogP contribution is -2.07. The third-order valence-corrected chi connectivity index (χ3v) is 3.18. The van der Waals surface area contributed by atoms with Gasteiger partial charge < -0.3 is 14.3 Å². The van der Waals surface area contributed by atoms with Crippen LogP contribution in [0.1, 0.15) is 24.5 Å². The van der Waals surface area contributed by atoms with Crippen LogP contribution in [-0.2, 0) is 7.05 Å². The zero-order valence-electron chi connectivity index (χ0n) is 11.2. The molecule has 19 heavy (non-hydrogen) atoms. The van der Waals surface area contributed by atoms with Gasteiger partial charge in [-0.25, -0.2) is 9.97 Å². The standard InChI is InChI=1S/C14H16N4O/c1-9-4-5-12(19-9)10(2)17-14-13-11(6-7-15-14)18(3)8-16-13/h4-8,10H,1-3H3,(H,15,17). The van der Waals surface area contributed by atoms with Crippen molar-refractivity contribution >= 4 is 16.9 Å². The van der Waals surface area contributed by atoms with Crippen LogP contribution in [0.5, 0.6) is 0 Å². The van der Waals surface area contributed by atoms with E-state index < -0.39 is 0 Å². The molecule has 98 valence electrons. The first-order chi connectivity index (χ1) is 9.15.